The molecule has 2 amide bonds. The number of fused-ring (bicyclic) bond motifs is 1. The number of benzene rings is 2. The Morgan fingerprint density at radius 3 is 2.64 bits per heavy atom. The van der Waals surface area contributed by atoms with Crippen LogP contribution in [0.25, 0.3) is 0 Å². The molecule has 0 unspecified atom stereocenters. The Hall–Kier alpha value is -2.14. The van der Waals surface area contributed by atoms with Crippen molar-refractivity contribution in [2.75, 3.05) is 16.8 Å². The van der Waals surface area contributed by atoms with Crippen LogP contribution >= 0.6 is 15.9 Å². The third-order valence-electron chi connectivity index (χ3n) is 3.74. The van der Waals surface area contributed by atoms with E-state index in [9.17, 15) is 9.59 Å². The van der Waals surface area contributed by atoms with Crippen LogP contribution in [0.3, 0.4) is 0 Å². The molecule has 2 aromatic rings. The van der Waals surface area contributed by atoms with Crippen molar-refractivity contribution in [1.29, 1.82) is 0 Å². The molecule has 112 valence electrons. The minimum atomic E-state index is -0.198. The van der Waals surface area contributed by atoms with Crippen LogP contribution in [0.5, 0.6) is 0 Å². The number of nitrogens with one attached hydrogen (secondary N) is 1. The minimum Gasteiger partial charge on any atom is -0.320 e. The Labute approximate surface area is 137 Å². The molecule has 0 fully saturated rings. The fourth-order valence-corrected chi connectivity index (χ4v) is 3.17. The molecular weight excluding hydrogens is 344 g/mol. The number of halogens is 1. The average Bonchev–Trinajstić information content (AvgIpc) is 2.93. The largest absolute Gasteiger partial charge is 0.320 e. The third kappa shape index (κ3) is 2.64. The average molecular weight is 359 g/mol. The number of nitrogens with zero attached hydrogens (tertiary/aromatic N) is 1. The fourth-order valence-electron chi connectivity index (χ4n) is 2.71. The Bertz CT molecular complexity index is 758. The SMILES string of the molecule is CC(=O)N1CCc2cccc(NC(=O)c3ccccc3Br)c21. The summed E-state index contributed by atoms with van der Waals surface area (Å²) in [5, 5.41) is 2.92. The second-order valence-corrected chi connectivity index (χ2v) is 6.02. The first-order chi connectivity index (χ1) is 10.6. The van der Waals surface area contributed by atoms with Crippen molar-refractivity contribution in [3.05, 3.63) is 58.1 Å². The Morgan fingerprint density at radius 2 is 1.91 bits per heavy atom. The number of anilines is 2. The third-order valence-corrected chi connectivity index (χ3v) is 4.43. The van der Waals surface area contributed by atoms with Gasteiger partial charge in [0.25, 0.3) is 5.91 Å². The first kappa shape index (κ1) is 14.8. The molecule has 2 aromatic carbocycles. The first-order valence-corrected chi connectivity index (χ1v) is 7.83. The summed E-state index contributed by atoms with van der Waals surface area (Å²) >= 11 is 3.38. The monoisotopic (exact) mass is 358 g/mol. The molecule has 4 nitrogen and oxygen atoms in total. The van der Waals surface area contributed by atoms with Crippen molar-refractivity contribution in [3.8, 4) is 0 Å². The van der Waals surface area contributed by atoms with Gasteiger partial charge in [0.05, 0.1) is 16.9 Å². The lowest BCUT2D eigenvalue weighted by Gasteiger charge is -2.19. The Morgan fingerprint density at radius 1 is 1.14 bits per heavy atom. The number of hydrogen-bond acceptors (Lipinski definition) is 2. The topological polar surface area (TPSA) is 49.4 Å². The van der Waals surface area contributed by atoms with Crippen LogP contribution in [-0.2, 0) is 11.2 Å². The van der Waals surface area contributed by atoms with Crippen LogP contribution in [0.15, 0.2) is 46.9 Å². The van der Waals surface area contributed by atoms with E-state index in [2.05, 4.69) is 21.2 Å². The van der Waals surface area contributed by atoms with Gasteiger partial charge in [-0.1, -0.05) is 24.3 Å². The predicted octanol–water partition coefficient (Wildman–Crippen LogP) is 3.61. The second kappa shape index (κ2) is 5.93. The van der Waals surface area contributed by atoms with Gasteiger partial charge in [0, 0.05) is 17.9 Å². The van der Waals surface area contributed by atoms with Gasteiger partial charge in [-0.25, -0.2) is 0 Å². The highest BCUT2D eigenvalue weighted by Gasteiger charge is 2.26. The summed E-state index contributed by atoms with van der Waals surface area (Å²) < 4.78 is 0.739. The van der Waals surface area contributed by atoms with E-state index in [1.807, 2.05) is 36.4 Å². The maximum absolute atomic E-state index is 12.5. The number of hydrogen-bond donors (Lipinski definition) is 1. The van der Waals surface area contributed by atoms with E-state index in [0.717, 1.165) is 22.1 Å². The quantitative estimate of drug-likeness (QED) is 0.891. The summed E-state index contributed by atoms with van der Waals surface area (Å²) in [6.07, 6.45) is 0.813. The van der Waals surface area contributed by atoms with Crippen LogP contribution in [0.4, 0.5) is 11.4 Å². The van der Waals surface area contributed by atoms with Crippen molar-refractivity contribution < 1.29 is 9.59 Å². The lowest BCUT2D eigenvalue weighted by molar-refractivity contribution is -0.116. The van der Waals surface area contributed by atoms with Crippen LogP contribution in [-0.4, -0.2) is 18.4 Å². The molecule has 0 saturated heterocycles. The first-order valence-electron chi connectivity index (χ1n) is 7.04. The molecule has 3 rings (SSSR count). The molecule has 0 atom stereocenters. The fraction of sp³-hybridized carbons (Fsp3) is 0.176. The number of amides is 2. The second-order valence-electron chi connectivity index (χ2n) is 5.17. The van der Waals surface area contributed by atoms with E-state index in [1.54, 1.807) is 17.9 Å². The molecule has 0 saturated carbocycles. The van der Waals surface area contributed by atoms with E-state index in [1.165, 1.54) is 0 Å². The summed E-state index contributed by atoms with van der Waals surface area (Å²) in [6, 6.07) is 13.0. The number of carbonyl (C=O) groups excluding carboxylic acids is 2. The highest BCUT2D eigenvalue weighted by Crippen LogP contribution is 2.36. The Balaban J connectivity index is 1.94. The molecule has 1 N–H and O–H groups in total. The summed E-state index contributed by atoms with van der Waals surface area (Å²) in [6.45, 7) is 2.20. The molecule has 1 aliphatic rings. The van der Waals surface area contributed by atoms with E-state index >= 15 is 0 Å². The zero-order chi connectivity index (χ0) is 15.7. The molecular formula is C17H15BrN2O2. The van der Waals surface area contributed by atoms with Crippen molar-refractivity contribution >= 4 is 39.1 Å². The molecule has 1 heterocycles. The number of rotatable bonds is 2. The lowest BCUT2D eigenvalue weighted by atomic mass is 10.1. The predicted molar refractivity (Wildman–Crippen MR) is 90.3 cm³/mol. The van der Waals surface area contributed by atoms with Crippen molar-refractivity contribution in [2.45, 2.75) is 13.3 Å². The molecule has 0 aromatic heterocycles. The van der Waals surface area contributed by atoms with E-state index < -0.39 is 0 Å². The van der Waals surface area contributed by atoms with Gasteiger partial charge in [0.2, 0.25) is 5.91 Å². The van der Waals surface area contributed by atoms with Crippen molar-refractivity contribution in [1.82, 2.24) is 0 Å². The zero-order valence-corrected chi connectivity index (χ0v) is 13.7. The highest BCUT2D eigenvalue weighted by molar-refractivity contribution is 9.10. The maximum atomic E-state index is 12.5. The summed E-state index contributed by atoms with van der Waals surface area (Å²) in [7, 11) is 0. The lowest BCUT2D eigenvalue weighted by Crippen LogP contribution is -2.27. The van der Waals surface area contributed by atoms with Crippen LogP contribution in [0, 0.1) is 0 Å². The molecule has 5 heteroatoms. The van der Waals surface area contributed by atoms with Gasteiger partial charge in [0.1, 0.15) is 0 Å². The van der Waals surface area contributed by atoms with Gasteiger partial charge in [-0.3, -0.25) is 9.59 Å². The molecule has 0 bridgehead atoms. The Kier molecular flexibility index (Phi) is 3.98. The standard InChI is InChI=1S/C17H15BrN2O2/c1-11(21)20-10-9-12-5-4-8-15(16(12)20)19-17(22)13-6-2-3-7-14(13)18/h2-8H,9-10H2,1H3,(H,19,22). The van der Waals surface area contributed by atoms with Crippen LogP contribution in [0.1, 0.15) is 22.8 Å². The minimum absolute atomic E-state index is 0.0126. The van der Waals surface area contributed by atoms with Crippen LogP contribution < -0.4 is 10.2 Å². The van der Waals surface area contributed by atoms with E-state index in [4.69, 9.17) is 0 Å². The molecule has 0 spiro atoms. The maximum Gasteiger partial charge on any atom is 0.256 e. The van der Waals surface area contributed by atoms with Gasteiger partial charge in [-0.05, 0) is 46.1 Å². The molecule has 1 aliphatic heterocycles. The van der Waals surface area contributed by atoms with Crippen molar-refractivity contribution in [2.24, 2.45) is 0 Å². The van der Waals surface area contributed by atoms with Gasteiger partial charge in [-0.2, -0.15) is 0 Å². The summed E-state index contributed by atoms with van der Waals surface area (Å²) in [5.41, 5.74) is 3.13. The summed E-state index contributed by atoms with van der Waals surface area (Å²) in [4.78, 5) is 26.0. The normalized spacial score (nSPS) is 12.9. The van der Waals surface area contributed by atoms with Crippen molar-refractivity contribution in [3.63, 3.8) is 0 Å². The van der Waals surface area contributed by atoms with Crippen LogP contribution in [0.2, 0.25) is 0 Å². The van der Waals surface area contributed by atoms with Gasteiger partial charge < -0.3 is 10.2 Å². The van der Waals surface area contributed by atoms with Gasteiger partial charge in [-0.15, -0.1) is 0 Å². The number of carbonyl (C=O) groups is 2. The smallest absolute Gasteiger partial charge is 0.256 e. The highest BCUT2D eigenvalue weighted by atomic mass is 79.9. The number of para-hydroxylation sites is 1. The zero-order valence-electron chi connectivity index (χ0n) is 12.1. The van der Waals surface area contributed by atoms with Gasteiger partial charge >= 0.3 is 0 Å². The van der Waals surface area contributed by atoms with E-state index in [0.29, 0.717) is 17.8 Å². The van der Waals surface area contributed by atoms with Gasteiger partial charge in [0.15, 0.2) is 0 Å². The molecule has 0 radical (unpaired) electrons. The molecule has 22 heavy (non-hydrogen) atoms. The summed E-state index contributed by atoms with van der Waals surface area (Å²) in [5.74, 6) is -0.211. The molecule has 0 aliphatic carbocycles. The van der Waals surface area contributed by atoms with E-state index in [-0.39, 0.29) is 11.8 Å².